The Morgan fingerprint density at radius 1 is 0.952 bits per heavy atom. The van der Waals surface area contributed by atoms with E-state index in [2.05, 4.69) is 9.80 Å². The first kappa shape index (κ1) is 13.9. The maximum absolute atomic E-state index is 13.2. The molecule has 4 heteroatoms. The molecule has 0 atom stereocenters. The van der Waals surface area contributed by atoms with Crippen LogP contribution < -0.4 is 4.90 Å². The van der Waals surface area contributed by atoms with Crippen LogP contribution in [0.1, 0.15) is 5.56 Å². The van der Waals surface area contributed by atoms with Crippen LogP contribution in [0.15, 0.2) is 48.5 Å². The van der Waals surface area contributed by atoms with E-state index in [1.165, 1.54) is 6.07 Å². The number of benzene rings is 2. The molecule has 0 radical (unpaired) electrons. The van der Waals surface area contributed by atoms with Gasteiger partial charge in [0.1, 0.15) is 11.6 Å². The molecule has 0 spiro atoms. The van der Waals surface area contributed by atoms with E-state index in [9.17, 15) is 9.50 Å². The van der Waals surface area contributed by atoms with Gasteiger partial charge in [-0.1, -0.05) is 24.3 Å². The van der Waals surface area contributed by atoms with Gasteiger partial charge in [-0.15, -0.1) is 0 Å². The summed E-state index contributed by atoms with van der Waals surface area (Å²) in [6.07, 6.45) is 0. The molecule has 1 saturated heterocycles. The van der Waals surface area contributed by atoms with Crippen LogP contribution in [-0.4, -0.2) is 36.2 Å². The maximum atomic E-state index is 13.2. The van der Waals surface area contributed by atoms with Gasteiger partial charge >= 0.3 is 0 Å². The Morgan fingerprint density at radius 2 is 1.71 bits per heavy atom. The summed E-state index contributed by atoms with van der Waals surface area (Å²) in [7, 11) is 0. The zero-order chi connectivity index (χ0) is 14.7. The van der Waals surface area contributed by atoms with Crippen molar-refractivity contribution in [2.24, 2.45) is 0 Å². The molecule has 0 amide bonds. The zero-order valence-corrected chi connectivity index (χ0v) is 11.9. The van der Waals surface area contributed by atoms with Gasteiger partial charge in [-0.05, 0) is 29.8 Å². The number of phenols is 1. The highest BCUT2D eigenvalue weighted by Gasteiger charge is 2.19. The van der Waals surface area contributed by atoms with Crippen LogP contribution in [-0.2, 0) is 6.54 Å². The molecule has 2 aromatic rings. The minimum atomic E-state index is -0.180. The Hall–Kier alpha value is -2.07. The van der Waals surface area contributed by atoms with Crippen LogP contribution in [0.2, 0.25) is 0 Å². The molecule has 3 nitrogen and oxygen atoms in total. The summed E-state index contributed by atoms with van der Waals surface area (Å²) >= 11 is 0. The molecule has 0 aromatic heterocycles. The van der Waals surface area contributed by atoms with Crippen LogP contribution in [0.25, 0.3) is 0 Å². The number of anilines is 1. The molecule has 3 rings (SSSR count). The molecule has 0 bridgehead atoms. The van der Waals surface area contributed by atoms with Gasteiger partial charge in [0.05, 0.1) is 5.69 Å². The molecule has 21 heavy (non-hydrogen) atoms. The largest absolute Gasteiger partial charge is 0.506 e. The van der Waals surface area contributed by atoms with Gasteiger partial charge in [-0.2, -0.15) is 0 Å². The predicted octanol–water partition coefficient (Wildman–Crippen LogP) is 2.85. The number of aromatic hydroxyl groups is 1. The summed E-state index contributed by atoms with van der Waals surface area (Å²) in [5.41, 5.74) is 1.90. The second-order valence-corrected chi connectivity index (χ2v) is 5.38. The standard InChI is InChI=1S/C17H19FN2O/c18-15-5-3-4-14(12-15)13-19-8-10-20(11-9-19)16-6-1-2-7-17(16)21/h1-7,12,21H,8-11,13H2. The van der Waals surface area contributed by atoms with Crippen molar-refractivity contribution >= 4 is 5.69 Å². The number of phenolic OH excluding ortho intramolecular Hbond substituents is 1. The lowest BCUT2D eigenvalue weighted by Gasteiger charge is -2.36. The van der Waals surface area contributed by atoms with Gasteiger partial charge < -0.3 is 10.0 Å². The van der Waals surface area contributed by atoms with E-state index in [1.54, 1.807) is 18.2 Å². The Labute approximate surface area is 124 Å². The third-order valence-corrected chi connectivity index (χ3v) is 3.89. The molecule has 1 heterocycles. The molecule has 1 fully saturated rings. The molecule has 110 valence electrons. The first-order chi connectivity index (χ1) is 10.2. The van der Waals surface area contributed by atoms with Gasteiger partial charge in [0.25, 0.3) is 0 Å². The van der Waals surface area contributed by atoms with Crippen LogP contribution in [0.3, 0.4) is 0 Å². The molecule has 0 aliphatic carbocycles. The van der Waals surface area contributed by atoms with E-state index in [-0.39, 0.29) is 5.82 Å². The highest BCUT2D eigenvalue weighted by atomic mass is 19.1. The van der Waals surface area contributed by atoms with E-state index in [1.807, 2.05) is 24.3 Å². The number of hydrogen-bond acceptors (Lipinski definition) is 3. The zero-order valence-electron chi connectivity index (χ0n) is 11.9. The van der Waals surface area contributed by atoms with Gasteiger partial charge in [0.2, 0.25) is 0 Å². The van der Waals surface area contributed by atoms with Crippen LogP contribution in [0.4, 0.5) is 10.1 Å². The van der Waals surface area contributed by atoms with Crippen molar-refractivity contribution in [2.45, 2.75) is 6.54 Å². The van der Waals surface area contributed by atoms with Crippen molar-refractivity contribution in [2.75, 3.05) is 31.1 Å². The molecular weight excluding hydrogens is 267 g/mol. The molecular formula is C17H19FN2O. The van der Waals surface area contributed by atoms with Gasteiger partial charge in [-0.3, -0.25) is 4.90 Å². The fraction of sp³-hybridized carbons (Fsp3) is 0.294. The number of piperazine rings is 1. The fourth-order valence-corrected chi connectivity index (χ4v) is 2.77. The Bertz CT molecular complexity index is 609. The van der Waals surface area contributed by atoms with E-state index in [0.717, 1.165) is 44.0 Å². The lowest BCUT2D eigenvalue weighted by Crippen LogP contribution is -2.46. The lowest BCUT2D eigenvalue weighted by atomic mass is 10.2. The number of halogens is 1. The topological polar surface area (TPSA) is 26.7 Å². The summed E-state index contributed by atoms with van der Waals surface area (Å²) < 4.78 is 13.2. The lowest BCUT2D eigenvalue weighted by molar-refractivity contribution is 0.249. The predicted molar refractivity (Wildman–Crippen MR) is 82.0 cm³/mol. The summed E-state index contributed by atoms with van der Waals surface area (Å²) in [5.74, 6) is 0.149. The first-order valence-electron chi connectivity index (χ1n) is 7.22. The monoisotopic (exact) mass is 286 g/mol. The Morgan fingerprint density at radius 3 is 2.43 bits per heavy atom. The summed E-state index contributed by atoms with van der Waals surface area (Å²) in [5, 5.41) is 9.90. The van der Waals surface area contributed by atoms with Gasteiger partial charge in [0, 0.05) is 32.7 Å². The van der Waals surface area contributed by atoms with Crippen molar-refractivity contribution in [3.05, 3.63) is 59.9 Å². The third kappa shape index (κ3) is 3.34. The van der Waals surface area contributed by atoms with E-state index >= 15 is 0 Å². The van der Waals surface area contributed by atoms with Crippen molar-refractivity contribution in [3.8, 4) is 5.75 Å². The number of rotatable bonds is 3. The minimum Gasteiger partial charge on any atom is -0.506 e. The van der Waals surface area contributed by atoms with Gasteiger partial charge in [0.15, 0.2) is 0 Å². The summed E-state index contributed by atoms with van der Waals surface area (Å²) in [4.78, 5) is 4.50. The minimum absolute atomic E-state index is 0.180. The van der Waals surface area contributed by atoms with E-state index in [4.69, 9.17) is 0 Å². The van der Waals surface area contributed by atoms with E-state index in [0.29, 0.717) is 5.75 Å². The van der Waals surface area contributed by atoms with Crippen molar-refractivity contribution in [1.82, 2.24) is 4.90 Å². The van der Waals surface area contributed by atoms with Crippen molar-refractivity contribution in [3.63, 3.8) is 0 Å². The Balaban J connectivity index is 1.59. The second-order valence-electron chi connectivity index (χ2n) is 5.38. The average Bonchev–Trinajstić information content (AvgIpc) is 2.49. The Kier molecular flexibility index (Phi) is 4.06. The SMILES string of the molecule is Oc1ccccc1N1CCN(Cc2cccc(F)c2)CC1. The highest BCUT2D eigenvalue weighted by Crippen LogP contribution is 2.27. The number of nitrogens with zero attached hydrogens (tertiary/aromatic N) is 2. The molecule has 1 aliphatic heterocycles. The van der Waals surface area contributed by atoms with Crippen LogP contribution in [0.5, 0.6) is 5.75 Å². The summed E-state index contributed by atoms with van der Waals surface area (Å²) in [6, 6.07) is 14.2. The maximum Gasteiger partial charge on any atom is 0.138 e. The van der Waals surface area contributed by atoms with E-state index < -0.39 is 0 Å². The van der Waals surface area contributed by atoms with Crippen molar-refractivity contribution < 1.29 is 9.50 Å². The normalized spacial score (nSPS) is 16.1. The fourth-order valence-electron chi connectivity index (χ4n) is 2.77. The molecule has 0 unspecified atom stereocenters. The first-order valence-corrected chi connectivity index (χ1v) is 7.22. The van der Waals surface area contributed by atoms with Crippen LogP contribution >= 0.6 is 0 Å². The highest BCUT2D eigenvalue weighted by molar-refractivity contribution is 5.57. The quantitative estimate of drug-likeness (QED) is 0.940. The van der Waals surface area contributed by atoms with Crippen LogP contribution in [0, 0.1) is 5.82 Å². The molecule has 1 N–H and O–H groups in total. The summed E-state index contributed by atoms with van der Waals surface area (Å²) in [6.45, 7) is 4.32. The smallest absolute Gasteiger partial charge is 0.138 e. The molecule has 1 aliphatic rings. The second kappa shape index (κ2) is 6.14. The molecule has 2 aromatic carbocycles. The number of para-hydroxylation sites is 2. The molecule has 0 saturated carbocycles. The number of hydrogen-bond donors (Lipinski definition) is 1. The third-order valence-electron chi connectivity index (χ3n) is 3.89. The average molecular weight is 286 g/mol. The van der Waals surface area contributed by atoms with Gasteiger partial charge in [-0.25, -0.2) is 4.39 Å². The van der Waals surface area contributed by atoms with Crippen molar-refractivity contribution in [1.29, 1.82) is 0 Å².